The number of methoxy groups -OCH3 is 1. The second kappa shape index (κ2) is 4.31. The molecule has 0 spiro atoms. The Morgan fingerprint density at radius 3 is 2.65 bits per heavy atom. The summed E-state index contributed by atoms with van der Waals surface area (Å²) >= 11 is 3.40. The normalized spacial score (nSPS) is 16.5. The molecule has 1 aliphatic rings. The number of nitrogens with two attached hydrogens (primary N) is 1. The number of halogens is 1. The second-order valence-corrected chi connectivity index (χ2v) is 5.19. The molecule has 1 aromatic rings. The van der Waals surface area contributed by atoms with Crippen LogP contribution in [0.4, 0.5) is 5.69 Å². The predicted octanol–water partition coefficient (Wildman–Crippen LogP) is 1.91. The highest BCUT2D eigenvalue weighted by molar-refractivity contribution is 9.10. The van der Waals surface area contributed by atoms with Crippen LogP contribution in [0.25, 0.3) is 0 Å². The van der Waals surface area contributed by atoms with Crippen LogP contribution in [0.5, 0.6) is 5.75 Å². The third-order valence-electron chi connectivity index (χ3n) is 3.04. The number of hydrogen-bond acceptors (Lipinski definition) is 3. The summed E-state index contributed by atoms with van der Waals surface area (Å²) in [6.45, 7) is 0. The minimum absolute atomic E-state index is 0.0328. The highest BCUT2D eigenvalue weighted by Crippen LogP contribution is 2.36. The average Bonchev–Trinajstić information content (AvgIpc) is 3.06. The van der Waals surface area contributed by atoms with Crippen molar-refractivity contribution in [3.63, 3.8) is 0 Å². The van der Waals surface area contributed by atoms with Gasteiger partial charge < -0.3 is 15.4 Å². The molecule has 1 saturated carbocycles. The minimum atomic E-state index is -0.638. The van der Waals surface area contributed by atoms with Crippen molar-refractivity contribution >= 4 is 27.5 Å². The molecule has 2 N–H and O–H groups in total. The van der Waals surface area contributed by atoms with E-state index in [2.05, 4.69) is 15.9 Å². The van der Waals surface area contributed by atoms with Crippen LogP contribution in [0.2, 0.25) is 0 Å². The highest BCUT2D eigenvalue weighted by Gasteiger charge is 2.47. The SMILES string of the molecule is COc1ccc(N(C)C(=O)C2(N)CC2)cc1Br. The summed E-state index contributed by atoms with van der Waals surface area (Å²) in [5.41, 5.74) is 6.06. The molecule has 1 aliphatic carbocycles. The van der Waals surface area contributed by atoms with E-state index >= 15 is 0 Å². The van der Waals surface area contributed by atoms with Crippen LogP contribution < -0.4 is 15.4 Å². The molecule has 0 aromatic heterocycles. The van der Waals surface area contributed by atoms with Gasteiger partial charge in [0, 0.05) is 12.7 Å². The Labute approximate surface area is 109 Å². The standard InChI is InChI=1S/C12H15BrN2O2/c1-15(11(16)12(14)5-6-12)8-3-4-10(17-2)9(13)7-8/h3-4,7H,5-6,14H2,1-2H3. The van der Waals surface area contributed by atoms with Crippen molar-refractivity contribution in [2.24, 2.45) is 5.73 Å². The summed E-state index contributed by atoms with van der Waals surface area (Å²) in [5.74, 6) is 0.707. The molecule has 0 radical (unpaired) electrons. The Bertz CT molecular complexity index is 458. The number of carbonyl (C=O) groups is 1. The van der Waals surface area contributed by atoms with E-state index < -0.39 is 5.54 Å². The van der Waals surface area contributed by atoms with E-state index in [1.165, 1.54) is 0 Å². The van der Waals surface area contributed by atoms with Gasteiger partial charge in [-0.2, -0.15) is 0 Å². The first-order valence-electron chi connectivity index (χ1n) is 5.38. The van der Waals surface area contributed by atoms with Gasteiger partial charge in [0.25, 0.3) is 0 Å². The van der Waals surface area contributed by atoms with E-state index in [4.69, 9.17) is 10.5 Å². The van der Waals surface area contributed by atoms with Crippen molar-refractivity contribution in [3.05, 3.63) is 22.7 Å². The van der Waals surface area contributed by atoms with Gasteiger partial charge in [0.15, 0.2) is 0 Å². The lowest BCUT2D eigenvalue weighted by molar-refractivity contribution is -0.120. The van der Waals surface area contributed by atoms with Gasteiger partial charge in [-0.3, -0.25) is 4.79 Å². The van der Waals surface area contributed by atoms with Crippen LogP contribution in [0.15, 0.2) is 22.7 Å². The number of nitrogens with zero attached hydrogens (tertiary/aromatic N) is 1. The van der Waals surface area contributed by atoms with Gasteiger partial charge in [-0.15, -0.1) is 0 Å². The summed E-state index contributed by atoms with van der Waals surface area (Å²) in [6, 6.07) is 5.51. The fraction of sp³-hybridized carbons (Fsp3) is 0.417. The molecule has 17 heavy (non-hydrogen) atoms. The number of amides is 1. The molecule has 5 heteroatoms. The maximum atomic E-state index is 12.0. The zero-order chi connectivity index (χ0) is 12.6. The third-order valence-corrected chi connectivity index (χ3v) is 3.66. The van der Waals surface area contributed by atoms with Gasteiger partial charge in [-0.1, -0.05) is 0 Å². The van der Waals surface area contributed by atoms with Crippen molar-refractivity contribution < 1.29 is 9.53 Å². The number of carbonyl (C=O) groups excluding carboxylic acids is 1. The topological polar surface area (TPSA) is 55.6 Å². The van der Waals surface area contributed by atoms with E-state index in [1.807, 2.05) is 18.2 Å². The van der Waals surface area contributed by atoms with Crippen LogP contribution >= 0.6 is 15.9 Å². The van der Waals surface area contributed by atoms with Crippen molar-refractivity contribution in [2.45, 2.75) is 18.4 Å². The van der Waals surface area contributed by atoms with Crippen LogP contribution in [0, 0.1) is 0 Å². The first kappa shape index (κ1) is 12.4. The van der Waals surface area contributed by atoms with Crippen molar-refractivity contribution in [2.75, 3.05) is 19.1 Å². The number of benzene rings is 1. The zero-order valence-electron chi connectivity index (χ0n) is 9.87. The Balaban J connectivity index is 2.22. The molecule has 1 amide bonds. The van der Waals surface area contributed by atoms with Crippen molar-refractivity contribution in [1.82, 2.24) is 0 Å². The average molecular weight is 299 g/mol. The first-order chi connectivity index (χ1) is 7.98. The Morgan fingerprint density at radius 1 is 1.53 bits per heavy atom. The molecule has 4 nitrogen and oxygen atoms in total. The first-order valence-corrected chi connectivity index (χ1v) is 6.18. The fourth-order valence-electron chi connectivity index (χ4n) is 1.66. The molecule has 1 fully saturated rings. The lowest BCUT2D eigenvalue weighted by Gasteiger charge is -2.21. The quantitative estimate of drug-likeness (QED) is 0.927. The van der Waals surface area contributed by atoms with Crippen LogP contribution in [0.3, 0.4) is 0 Å². The monoisotopic (exact) mass is 298 g/mol. The molecule has 1 aromatic carbocycles. The van der Waals surface area contributed by atoms with Gasteiger partial charge in [-0.05, 0) is 47.0 Å². The van der Waals surface area contributed by atoms with Gasteiger partial charge in [0.1, 0.15) is 5.75 Å². The van der Waals surface area contributed by atoms with E-state index in [9.17, 15) is 4.79 Å². The van der Waals surface area contributed by atoms with Crippen LogP contribution in [-0.2, 0) is 4.79 Å². The molecular weight excluding hydrogens is 284 g/mol. The number of hydrogen-bond donors (Lipinski definition) is 1. The summed E-state index contributed by atoms with van der Waals surface area (Å²) < 4.78 is 5.96. The van der Waals surface area contributed by atoms with Crippen LogP contribution in [-0.4, -0.2) is 25.6 Å². The maximum Gasteiger partial charge on any atom is 0.246 e. The molecule has 0 unspecified atom stereocenters. The summed E-state index contributed by atoms with van der Waals surface area (Å²) in [6.07, 6.45) is 1.54. The Morgan fingerprint density at radius 2 is 2.18 bits per heavy atom. The van der Waals surface area contributed by atoms with Gasteiger partial charge >= 0.3 is 0 Å². The zero-order valence-corrected chi connectivity index (χ0v) is 11.5. The van der Waals surface area contributed by atoms with Crippen LogP contribution in [0.1, 0.15) is 12.8 Å². The van der Waals surface area contributed by atoms with E-state index in [-0.39, 0.29) is 5.91 Å². The van der Waals surface area contributed by atoms with Gasteiger partial charge in [0.2, 0.25) is 5.91 Å². The van der Waals surface area contributed by atoms with Gasteiger partial charge in [-0.25, -0.2) is 0 Å². The van der Waals surface area contributed by atoms with E-state index in [0.717, 1.165) is 28.8 Å². The fourth-order valence-corrected chi connectivity index (χ4v) is 2.19. The van der Waals surface area contributed by atoms with E-state index in [0.29, 0.717) is 0 Å². The van der Waals surface area contributed by atoms with E-state index in [1.54, 1.807) is 19.1 Å². The number of anilines is 1. The highest BCUT2D eigenvalue weighted by atomic mass is 79.9. The largest absolute Gasteiger partial charge is 0.496 e. The predicted molar refractivity (Wildman–Crippen MR) is 70.3 cm³/mol. The summed E-state index contributed by atoms with van der Waals surface area (Å²) in [4.78, 5) is 13.6. The molecule has 0 saturated heterocycles. The minimum Gasteiger partial charge on any atom is -0.496 e. The van der Waals surface area contributed by atoms with Gasteiger partial charge in [0.05, 0.1) is 17.1 Å². The molecule has 0 bridgehead atoms. The summed E-state index contributed by atoms with van der Waals surface area (Å²) in [5, 5.41) is 0. The molecule has 0 heterocycles. The third kappa shape index (κ3) is 2.30. The number of ether oxygens (including phenoxy) is 1. The molecule has 92 valence electrons. The Kier molecular flexibility index (Phi) is 3.14. The smallest absolute Gasteiger partial charge is 0.246 e. The summed E-state index contributed by atoms with van der Waals surface area (Å²) in [7, 11) is 3.34. The molecule has 0 atom stereocenters. The number of likely N-dealkylation sites (N-methyl/N-ethyl adjacent to an activating group) is 1. The lowest BCUT2D eigenvalue weighted by Crippen LogP contribution is -2.43. The molecule has 2 rings (SSSR count). The Hall–Kier alpha value is -1.07. The number of rotatable bonds is 3. The second-order valence-electron chi connectivity index (χ2n) is 4.34. The lowest BCUT2D eigenvalue weighted by atomic mass is 10.2. The molecule has 0 aliphatic heterocycles. The maximum absolute atomic E-state index is 12.0. The van der Waals surface area contributed by atoms with Crippen molar-refractivity contribution in [1.29, 1.82) is 0 Å². The van der Waals surface area contributed by atoms with Crippen molar-refractivity contribution in [3.8, 4) is 5.75 Å². The molecular formula is C12H15BrN2O2.